The van der Waals surface area contributed by atoms with Crippen LogP contribution in [0.1, 0.15) is 54.4 Å². The summed E-state index contributed by atoms with van der Waals surface area (Å²) in [5.74, 6) is 0.397. The average Bonchev–Trinajstić information content (AvgIpc) is 2.42. The fourth-order valence-electron chi connectivity index (χ4n) is 2.72. The molecule has 1 aliphatic heterocycles. The number of amides is 2. The Morgan fingerprint density at radius 3 is 2.13 bits per heavy atom. The van der Waals surface area contributed by atoms with Crippen molar-refractivity contribution in [2.45, 2.75) is 72.1 Å². The van der Waals surface area contributed by atoms with Crippen LogP contribution in [0.4, 0.5) is 4.79 Å². The third-order valence-electron chi connectivity index (χ3n) is 4.02. The Hall–Kier alpha value is -1.30. The van der Waals surface area contributed by atoms with Crippen LogP contribution in [0.25, 0.3) is 0 Å². The number of nitrogens with two attached hydrogens (primary N) is 1. The maximum absolute atomic E-state index is 12.2. The Morgan fingerprint density at radius 2 is 1.74 bits per heavy atom. The van der Waals surface area contributed by atoms with Crippen molar-refractivity contribution in [1.82, 2.24) is 9.80 Å². The topological polar surface area (TPSA) is 75.9 Å². The number of carbonyl (C=O) groups excluding carboxylic acids is 2. The summed E-state index contributed by atoms with van der Waals surface area (Å²) < 4.78 is 5.41. The highest BCUT2D eigenvalue weighted by Gasteiger charge is 2.29. The van der Waals surface area contributed by atoms with E-state index in [1.54, 1.807) is 11.8 Å². The van der Waals surface area contributed by atoms with Gasteiger partial charge in [0.05, 0.1) is 6.04 Å². The summed E-state index contributed by atoms with van der Waals surface area (Å²) in [6.45, 7) is 13.4. The lowest BCUT2D eigenvalue weighted by atomic mass is 9.95. The molecule has 2 N–H and O–H groups in total. The summed E-state index contributed by atoms with van der Waals surface area (Å²) in [5.41, 5.74) is 5.27. The van der Waals surface area contributed by atoms with E-state index in [-0.39, 0.29) is 18.0 Å². The Morgan fingerprint density at radius 1 is 1.22 bits per heavy atom. The zero-order chi connectivity index (χ0) is 17.8. The molecule has 1 atom stereocenters. The first-order valence-electron chi connectivity index (χ1n) is 8.55. The van der Waals surface area contributed by atoms with Gasteiger partial charge in [-0.25, -0.2) is 4.79 Å². The minimum atomic E-state index is -0.473. The SMILES string of the molecule is CC(N)C(=O)N(CC1CCN(C(=O)OC(C)(C)C)CC1)C(C)C. The van der Waals surface area contributed by atoms with E-state index in [1.807, 2.05) is 39.5 Å². The predicted octanol–water partition coefficient (Wildman–Crippen LogP) is 2.22. The molecule has 0 aromatic rings. The van der Waals surface area contributed by atoms with E-state index in [4.69, 9.17) is 10.5 Å². The molecule has 6 nitrogen and oxygen atoms in total. The fourth-order valence-corrected chi connectivity index (χ4v) is 2.72. The monoisotopic (exact) mass is 327 g/mol. The van der Waals surface area contributed by atoms with Crippen LogP contribution in [0.15, 0.2) is 0 Å². The lowest BCUT2D eigenvalue weighted by Gasteiger charge is -2.37. The predicted molar refractivity (Wildman–Crippen MR) is 91.0 cm³/mol. The van der Waals surface area contributed by atoms with E-state index >= 15 is 0 Å². The summed E-state index contributed by atoms with van der Waals surface area (Å²) in [6.07, 6.45) is 1.52. The molecular formula is C17H33N3O3. The number of likely N-dealkylation sites (tertiary alicyclic amines) is 1. The zero-order valence-corrected chi connectivity index (χ0v) is 15.5. The molecule has 2 amide bonds. The first kappa shape index (κ1) is 19.7. The van der Waals surface area contributed by atoms with Crippen LogP contribution >= 0.6 is 0 Å². The van der Waals surface area contributed by atoms with Crippen molar-refractivity contribution in [3.05, 3.63) is 0 Å². The molecule has 1 aliphatic rings. The van der Waals surface area contributed by atoms with Crippen LogP contribution < -0.4 is 5.73 Å². The number of nitrogens with zero attached hydrogens (tertiary/aromatic N) is 2. The van der Waals surface area contributed by atoms with E-state index in [9.17, 15) is 9.59 Å². The van der Waals surface area contributed by atoms with Gasteiger partial charge >= 0.3 is 6.09 Å². The molecule has 0 bridgehead atoms. The van der Waals surface area contributed by atoms with Gasteiger partial charge in [0.1, 0.15) is 5.60 Å². The van der Waals surface area contributed by atoms with E-state index in [0.29, 0.717) is 25.6 Å². The molecule has 0 aromatic heterocycles. The van der Waals surface area contributed by atoms with Crippen molar-refractivity contribution >= 4 is 12.0 Å². The standard InChI is InChI=1S/C17H33N3O3/c1-12(2)20(15(21)13(3)18)11-14-7-9-19(10-8-14)16(22)23-17(4,5)6/h12-14H,7-11,18H2,1-6H3. The highest BCUT2D eigenvalue weighted by atomic mass is 16.6. The molecule has 1 rings (SSSR count). The van der Waals surface area contributed by atoms with Gasteiger partial charge in [0.25, 0.3) is 0 Å². The van der Waals surface area contributed by atoms with Crippen molar-refractivity contribution in [1.29, 1.82) is 0 Å². The molecule has 1 saturated heterocycles. The van der Waals surface area contributed by atoms with E-state index in [2.05, 4.69) is 0 Å². The molecule has 0 saturated carbocycles. The van der Waals surface area contributed by atoms with Gasteiger partial charge in [0.2, 0.25) is 5.91 Å². The number of ether oxygens (including phenoxy) is 1. The van der Waals surface area contributed by atoms with Gasteiger partial charge in [-0.3, -0.25) is 4.79 Å². The molecule has 134 valence electrons. The van der Waals surface area contributed by atoms with Crippen LogP contribution in [0.5, 0.6) is 0 Å². The van der Waals surface area contributed by atoms with E-state index in [0.717, 1.165) is 12.8 Å². The van der Waals surface area contributed by atoms with Crippen molar-refractivity contribution in [2.75, 3.05) is 19.6 Å². The second-order valence-electron chi connectivity index (χ2n) is 7.78. The van der Waals surface area contributed by atoms with Crippen molar-refractivity contribution in [3.8, 4) is 0 Å². The number of piperidine rings is 1. The molecule has 23 heavy (non-hydrogen) atoms. The maximum atomic E-state index is 12.2. The lowest BCUT2D eigenvalue weighted by Crippen LogP contribution is -2.49. The first-order chi connectivity index (χ1) is 10.5. The second kappa shape index (κ2) is 7.99. The average molecular weight is 327 g/mol. The van der Waals surface area contributed by atoms with Gasteiger partial charge in [-0.05, 0) is 60.3 Å². The molecule has 0 aromatic carbocycles. The largest absolute Gasteiger partial charge is 0.444 e. The van der Waals surface area contributed by atoms with Gasteiger partial charge in [0.15, 0.2) is 0 Å². The number of hydrogen-bond acceptors (Lipinski definition) is 4. The van der Waals surface area contributed by atoms with Gasteiger partial charge in [-0.2, -0.15) is 0 Å². The Labute approximate surface area is 140 Å². The number of hydrogen-bond donors (Lipinski definition) is 1. The summed E-state index contributed by atoms with van der Waals surface area (Å²) >= 11 is 0. The summed E-state index contributed by atoms with van der Waals surface area (Å²) in [7, 11) is 0. The number of rotatable bonds is 4. The normalized spacial score (nSPS) is 18.0. The summed E-state index contributed by atoms with van der Waals surface area (Å²) in [6, 6.07) is -0.336. The summed E-state index contributed by atoms with van der Waals surface area (Å²) in [4.78, 5) is 27.9. The van der Waals surface area contributed by atoms with Crippen LogP contribution in [-0.2, 0) is 9.53 Å². The smallest absolute Gasteiger partial charge is 0.410 e. The van der Waals surface area contributed by atoms with Gasteiger partial charge in [-0.1, -0.05) is 0 Å². The third-order valence-corrected chi connectivity index (χ3v) is 4.02. The molecule has 6 heteroatoms. The minimum absolute atomic E-state index is 0.00503. The minimum Gasteiger partial charge on any atom is -0.444 e. The first-order valence-corrected chi connectivity index (χ1v) is 8.55. The molecule has 0 radical (unpaired) electrons. The molecule has 1 heterocycles. The van der Waals surface area contributed by atoms with Gasteiger partial charge < -0.3 is 20.3 Å². The van der Waals surface area contributed by atoms with E-state index < -0.39 is 11.6 Å². The third kappa shape index (κ3) is 6.37. The van der Waals surface area contributed by atoms with Crippen molar-refractivity contribution in [2.24, 2.45) is 11.7 Å². The van der Waals surface area contributed by atoms with Gasteiger partial charge in [-0.15, -0.1) is 0 Å². The molecule has 1 fully saturated rings. The van der Waals surface area contributed by atoms with E-state index in [1.165, 1.54) is 0 Å². The molecule has 1 unspecified atom stereocenters. The second-order valence-corrected chi connectivity index (χ2v) is 7.78. The summed E-state index contributed by atoms with van der Waals surface area (Å²) in [5, 5.41) is 0. The zero-order valence-electron chi connectivity index (χ0n) is 15.5. The van der Waals surface area contributed by atoms with Crippen LogP contribution in [0, 0.1) is 5.92 Å². The Kier molecular flexibility index (Phi) is 6.86. The lowest BCUT2D eigenvalue weighted by molar-refractivity contribution is -0.134. The highest BCUT2D eigenvalue weighted by molar-refractivity contribution is 5.81. The quantitative estimate of drug-likeness (QED) is 0.859. The fraction of sp³-hybridized carbons (Fsp3) is 0.882. The van der Waals surface area contributed by atoms with Crippen LogP contribution in [0.3, 0.4) is 0 Å². The maximum Gasteiger partial charge on any atom is 0.410 e. The number of carbonyl (C=O) groups is 2. The molecular weight excluding hydrogens is 294 g/mol. The Bertz CT molecular complexity index is 408. The van der Waals surface area contributed by atoms with Gasteiger partial charge in [0, 0.05) is 25.7 Å². The van der Waals surface area contributed by atoms with Crippen molar-refractivity contribution < 1.29 is 14.3 Å². The van der Waals surface area contributed by atoms with Crippen molar-refractivity contribution in [3.63, 3.8) is 0 Å². The Balaban J connectivity index is 2.52. The molecule has 0 aliphatic carbocycles. The van der Waals surface area contributed by atoms with Crippen LogP contribution in [-0.4, -0.2) is 59.1 Å². The van der Waals surface area contributed by atoms with Crippen LogP contribution in [0.2, 0.25) is 0 Å². The highest BCUT2D eigenvalue weighted by Crippen LogP contribution is 2.21. The molecule has 0 spiro atoms.